The number of benzene rings is 3. The third-order valence-corrected chi connectivity index (χ3v) is 5.44. The van der Waals surface area contributed by atoms with E-state index < -0.39 is 0 Å². The van der Waals surface area contributed by atoms with E-state index in [2.05, 4.69) is 66.7 Å². The van der Waals surface area contributed by atoms with Crippen LogP contribution in [0.15, 0.2) is 94.4 Å². The zero-order chi connectivity index (χ0) is 21.2. The van der Waals surface area contributed by atoms with E-state index >= 15 is 0 Å². The van der Waals surface area contributed by atoms with Gasteiger partial charge in [0.05, 0.1) is 10.9 Å². The second kappa shape index (κ2) is 8.07. The monoisotopic (exact) mass is 405 g/mol. The fraction of sp³-hybridized carbons (Fsp3) is 0.111. The lowest BCUT2D eigenvalue weighted by atomic mass is 10.1. The van der Waals surface area contributed by atoms with Crippen LogP contribution in [0.3, 0.4) is 0 Å². The number of nitrogens with zero attached hydrogens (tertiary/aromatic N) is 2. The van der Waals surface area contributed by atoms with Crippen molar-refractivity contribution >= 4 is 27.7 Å². The van der Waals surface area contributed by atoms with Gasteiger partial charge < -0.3 is 4.42 Å². The molecule has 0 aliphatic rings. The van der Waals surface area contributed by atoms with Crippen LogP contribution in [-0.2, 0) is 6.42 Å². The van der Waals surface area contributed by atoms with Gasteiger partial charge in [0.2, 0.25) is 0 Å². The summed E-state index contributed by atoms with van der Waals surface area (Å²) in [4.78, 5) is 4.67. The molecule has 2 heterocycles. The SMILES string of the molecule is CCc1ccc2oc(-c3ccc(C)cc3)cc(=NNc3ccc4ccccc4n3)c2c1. The fourth-order valence-corrected chi connectivity index (χ4v) is 3.63. The number of nitrogens with one attached hydrogen (secondary N) is 1. The summed E-state index contributed by atoms with van der Waals surface area (Å²) in [6, 6.07) is 28.6. The summed E-state index contributed by atoms with van der Waals surface area (Å²) in [5, 5.41) is 7.62. The number of aromatic nitrogens is 1. The number of rotatable bonds is 4. The van der Waals surface area contributed by atoms with Gasteiger partial charge >= 0.3 is 0 Å². The van der Waals surface area contributed by atoms with Crippen molar-refractivity contribution < 1.29 is 4.42 Å². The standard InChI is InChI=1S/C27H23N3O/c1-3-19-10-14-25-22(16-19)24(17-26(31-25)21-11-8-18(2)9-12-21)29-30-27-15-13-20-6-4-5-7-23(20)28-27/h4-17H,3H2,1-2H3,(H,28,30). The third-order valence-electron chi connectivity index (χ3n) is 5.44. The van der Waals surface area contributed by atoms with E-state index in [4.69, 9.17) is 9.52 Å². The van der Waals surface area contributed by atoms with Crippen molar-refractivity contribution in [1.82, 2.24) is 4.98 Å². The summed E-state index contributed by atoms with van der Waals surface area (Å²) in [7, 11) is 0. The average molecular weight is 406 g/mol. The molecule has 0 saturated carbocycles. The predicted molar refractivity (Wildman–Crippen MR) is 127 cm³/mol. The molecule has 0 amide bonds. The second-order valence-electron chi connectivity index (χ2n) is 7.66. The first kappa shape index (κ1) is 19.1. The Balaban J connectivity index is 1.63. The van der Waals surface area contributed by atoms with E-state index in [1.165, 1.54) is 11.1 Å². The zero-order valence-corrected chi connectivity index (χ0v) is 17.6. The first-order valence-electron chi connectivity index (χ1n) is 10.5. The number of para-hydroxylation sites is 1. The highest BCUT2D eigenvalue weighted by Crippen LogP contribution is 2.23. The molecule has 0 radical (unpaired) electrons. The van der Waals surface area contributed by atoms with Crippen molar-refractivity contribution in [3.63, 3.8) is 0 Å². The molecule has 5 aromatic rings. The predicted octanol–water partition coefficient (Wildman–Crippen LogP) is 6.45. The lowest BCUT2D eigenvalue weighted by Crippen LogP contribution is -2.08. The first-order valence-corrected chi connectivity index (χ1v) is 10.5. The van der Waals surface area contributed by atoms with Gasteiger partial charge in [-0.2, -0.15) is 5.10 Å². The van der Waals surface area contributed by atoms with Crippen LogP contribution in [0.25, 0.3) is 33.2 Å². The fourth-order valence-electron chi connectivity index (χ4n) is 3.63. The minimum absolute atomic E-state index is 0.705. The van der Waals surface area contributed by atoms with Crippen LogP contribution in [-0.4, -0.2) is 4.98 Å². The molecule has 4 heteroatoms. The molecule has 31 heavy (non-hydrogen) atoms. The highest BCUT2D eigenvalue weighted by atomic mass is 16.3. The van der Waals surface area contributed by atoms with Crippen LogP contribution in [0.1, 0.15) is 18.1 Å². The van der Waals surface area contributed by atoms with Crippen molar-refractivity contribution in [2.45, 2.75) is 20.3 Å². The Labute approximate surface area is 180 Å². The number of aryl methyl sites for hydroxylation is 2. The molecule has 0 unspecified atom stereocenters. The van der Waals surface area contributed by atoms with Crippen LogP contribution >= 0.6 is 0 Å². The highest BCUT2D eigenvalue weighted by molar-refractivity contribution is 5.81. The lowest BCUT2D eigenvalue weighted by Gasteiger charge is -2.07. The van der Waals surface area contributed by atoms with E-state index in [-0.39, 0.29) is 0 Å². The molecule has 0 aliphatic carbocycles. The molecule has 0 atom stereocenters. The van der Waals surface area contributed by atoms with Crippen molar-refractivity contribution in [2.24, 2.45) is 5.10 Å². The molecule has 4 nitrogen and oxygen atoms in total. The molecule has 152 valence electrons. The third kappa shape index (κ3) is 3.92. The Kier molecular flexibility index (Phi) is 4.97. The maximum atomic E-state index is 6.23. The lowest BCUT2D eigenvalue weighted by molar-refractivity contribution is 0.618. The molecule has 3 aromatic carbocycles. The summed E-state index contributed by atoms with van der Waals surface area (Å²) in [5.41, 5.74) is 8.36. The molecular formula is C27H23N3O. The minimum Gasteiger partial charge on any atom is -0.456 e. The van der Waals surface area contributed by atoms with Gasteiger partial charge in [-0.05, 0) is 49.2 Å². The van der Waals surface area contributed by atoms with Gasteiger partial charge in [-0.1, -0.05) is 61.0 Å². The van der Waals surface area contributed by atoms with E-state index in [0.717, 1.165) is 45.0 Å². The molecule has 0 fully saturated rings. The summed E-state index contributed by atoms with van der Waals surface area (Å²) in [6.45, 7) is 4.22. The molecular weight excluding hydrogens is 382 g/mol. The minimum atomic E-state index is 0.705. The Morgan fingerprint density at radius 2 is 1.74 bits per heavy atom. The quantitative estimate of drug-likeness (QED) is 0.350. The molecule has 1 N–H and O–H groups in total. The number of hydrogen-bond acceptors (Lipinski definition) is 4. The van der Waals surface area contributed by atoms with Crippen molar-refractivity contribution in [1.29, 1.82) is 0 Å². The summed E-state index contributed by atoms with van der Waals surface area (Å²) >= 11 is 0. The van der Waals surface area contributed by atoms with Crippen LogP contribution in [0.4, 0.5) is 5.82 Å². The van der Waals surface area contributed by atoms with E-state index in [1.807, 2.05) is 42.5 Å². The Hall–Kier alpha value is -3.92. The van der Waals surface area contributed by atoms with Crippen LogP contribution in [0, 0.1) is 6.92 Å². The Morgan fingerprint density at radius 1 is 0.903 bits per heavy atom. The topological polar surface area (TPSA) is 50.4 Å². The van der Waals surface area contributed by atoms with E-state index in [1.54, 1.807) is 0 Å². The smallest absolute Gasteiger partial charge is 0.146 e. The van der Waals surface area contributed by atoms with Gasteiger partial charge in [0, 0.05) is 22.4 Å². The Bertz CT molecular complexity index is 1450. The average Bonchev–Trinajstić information content (AvgIpc) is 2.82. The van der Waals surface area contributed by atoms with Crippen LogP contribution in [0.2, 0.25) is 0 Å². The van der Waals surface area contributed by atoms with Crippen molar-refractivity contribution in [2.75, 3.05) is 5.43 Å². The summed E-state index contributed by atoms with van der Waals surface area (Å²) in [5.74, 6) is 1.49. The molecule has 2 aromatic heterocycles. The van der Waals surface area contributed by atoms with E-state index in [0.29, 0.717) is 5.82 Å². The highest BCUT2D eigenvalue weighted by Gasteiger charge is 2.07. The molecule has 5 rings (SSSR count). The van der Waals surface area contributed by atoms with Gasteiger partial charge in [0.1, 0.15) is 17.2 Å². The number of pyridine rings is 1. The largest absolute Gasteiger partial charge is 0.456 e. The number of hydrogen-bond donors (Lipinski definition) is 1. The maximum Gasteiger partial charge on any atom is 0.146 e. The first-order chi connectivity index (χ1) is 15.2. The number of fused-ring (bicyclic) bond motifs is 2. The Morgan fingerprint density at radius 3 is 2.58 bits per heavy atom. The van der Waals surface area contributed by atoms with Gasteiger partial charge in [-0.25, -0.2) is 4.98 Å². The van der Waals surface area contributed by atoms with Crippen molar-refractivity contribution in [3.05, 3.63) is 101 Å². The van der Waals surface area contributed by atoms with Crippen LogP contribution in [0.5, 0.6) is 0 Å². The van der Waals surface area contributed by atoms with Crippen molar-refractivity contribution in [3.8, 4) is 11.3 Å². The maximum absolute atomic E-state index is 6.23. The van der Waals surface area contributed by atoms with Gasteiger partial charge in [-0.3, -0.25) is 5.43 Å². The zero-order valence-electron chi connectivity index (χ0n) is 17.6. The van der Waals surface area contributed by atoms with Crippen LogP contribution < -0.4 is 10.8 Å². The molecule has 0 saturated heterocycles. The summed E-state index contributed by atoms with van der Waals surface area (Å²) < 4.78 is 6.23. The normalized spacial score (nSPS) is 11.9. The molecule has 0 aliphatic heterocycles. The van der Waals surface area contributed by atoms with Gasteiger partial charge in [0.25, 0.3) is 0 Å². The van der Waals surface area contributed by atoms with E-state index in [9.17, 15) is 0 Å². The second-order valence-corrected chi connectivity index (χ2v) is 7.66. The van der Waals surface area contributed by atoms with Gasteiger partial charge in [0.15, 0.2) is 0 Å². The number of anilines is 1. The summed E-state index contributed by atoms with van der Waals surface area (Å²) in [6.07, 6.45) is 0.953. The van der Waals surface area contributed by atoms with Gasteiger partial charge in [-0.15, -0.1) is 0 Å². The molecule has 0 bridgehead atoms. The molecule has 0 spiro atoms.